The Bertz CT molecular complexity index is 587. The summed E-state index contributed by atoms with van der Waals surface area (Å²) in [5.74, 6) is 1.59. The molecular weight excluding hydrogens is 280 g/mol. The topological polar surface area (TPSA) is 34.1 Å². The van der Waals surface area contributed by atoms with Crippen LogP contribution in [-0.4, -0.2) is 18.6 Å². The van der Waals surface area contributed by atoms with Crippen LogP contribution in [0, 0.1) is 0 Å². The quantitative estimate of drug-likeness (QED) is 0.779. The van der Waals surface area contributed by atoms with Gasteiger partial charge in [-0.3, -0.25) is 0 Å². The molecule has 0 bridgehead atoms. The number of methoxy groups -OCH3 is 1. The third-order valence-corrected chi connectivity index (χ3v) is 4.86. The molecule has 1 saturated carbocycles. The van der Waals surface area contributed by atoms with Crippen LogP contribution in [0.5, 0.6) is 5.75 Å². The van der Waals surface area contributed by atoms with E-state index >= 15 is 0 Å². The number of hydrogen-bond donors (Lipinski definition) is 1. The summed E-state index contributed by atoms with van der Waals surface area (Å²) in [6.45, 7) is 4.22. The lowest BCUT2D eigenvalue weighted by Gasteiger charge is -2.01. The van der Waals surface area contributed by atoms with Gasteiger partial charge in [0.1, 0.15) is 10.8 Å². The largest absolute Gasteiger partial charge is 0.497 e. The number of nitrogens with one attached hydrogen (secondary N) is 1. The monoisotopic (exact) mass is 302 g/mol. The van der Waals surface area contributed by atoms with Gasteiger partial charge in [0.15, 0.2) is 0 Å². The van der Waals surface area contributed by atoms with E-state index in [2.05, 4.69) is 24.4 Å². The molecule has 112 valence electrons. The van der Waals surface area contributed by atoms with E-state index in [1.54, 1.807) is 7.11 Å². The fourth-order valence-electron chi connectivity index (χ4n) is 2.40. The van der Waals surface area contributed by atoms with Crippen molar-refractivity contribution >= 4 is 11.3 Å². The standard InChI is InChI=1S/C17H22N2OS/c1-3-10-18-11-15-16(12-4-5-12)19-17(21-15)13-6-8-14(20-2)9-7-13/h6-9,12,18H,3-5,10-11H2,1-2H3. The Morgan fingerprint density at radius 3 is 2.67 bits per heavy atom. The summed E-state index contributed by atoms with van der Waals surface area (Å²) in [5, 5.41) is 4.64. The molecule has 3 nitrogen and oxygen atoms in total. The molecular formula is C17H22N2OS. The van der Waals surface area contributed by atoms with E-state index in [0.29, 0.717) is 5.92 Å². The molecule has 1 aromatic heterocycles. The van der Waals surface area contributed by atoms with Gasteiger partial charge >= 0.3 is 0 Å². The second kappa shape index (κ2) is 6.58. The first-order valence-corrected chi connectivity index (χ1v) is 8.48. The van der Waals surface area contributed by atoms with Crippen LogP contribution in [0.15, 0.2) is 24.3 Å². The fourth-order valence-corrected chi connectivity index (χ4v) is 3.52. The molecule has 0 amide bonds. The van der Waals surface area contributed by atoms with Crippen molar-refractivity contribution in [1.29, 1.82) is 0 Å². The second-order valence-corrected chi connectivity index (χ2v) is 6.59. The van der Waals surface area contributed by atoms with Gasteiger partial charge in [-0.05, 0) is 50.1 Å². The number of thiazole rings is 1. The molecule has 0 unspecified atom stereocenters. The molecule has 0 spiro atoms. The van der Waals surface area contributed by atoms with E-state index in [1.165, 1.54) is 35.4 Å². The van der Waals surface area contributed by atoms with Gasteiger partial charge in [-0.2, -0.15) is 0 Å². The smallest absolute Gasteiger partial charge is 0.123 e. The summed E-state index contributed by atoms with van der Waals surface area (Å²) in [4.78, 5) is 6.33. The molecule has 1 heterocycles. The molecule has 0 aliphatic heterocycles. The third-order valence-electron chi connectivity index (χ3n) is 3.74. The van der Waals surface area contributed by atoms with Crippen LogP contribution in [0.3, 0.4) is 0 Å². The van der Waals surface area contributed by atoms with Crippen LogP contribution >= 0.6 is 11.3 Å². The van der Waals surface area contributed by atoms with E-state index in [9.17, 15) is 0 Å². The van der Waals surface area contributed by atoms with Crippen molar-refractivity contribution in [2.75, 3.05) is 13.7 Å². The van der Waals surface area contributed by atoms with Gasteiger partial charge in [-0.25, -0.2) is 4.98 Å². The number of nitrogens with zero attached hydrogens (tertiary/aromatic N) is 1. The normalized spacial score (nSPS) is 14.4. The van der Waals surface area contributed by atoms with Crippen LogP contribution in [0.4, 0.5) is 0 Å². The van der Waals surface area contributed by atoms with E-state index in [1.807, 2.05) is 23.5 Å². The Hall–Kier alpha value is -1.39. The van der Waals surface area contributed by atoms with Gasteiger partial charge in [0.25, 0.3) is 0 Å². The first-order valence-electron chi connectivity index (χ1n) is 7.66. The zero-order chi connectivity index (χ0) is 14.7. The Kier molecular flexibility index (Phi) is 4.56. The van der Waals surface area contributed by atoms with Crippen LogP contribution in [0.1, 0.15) is 42.7 Å². The number of aromatic nitrogens is 1. The Labute approximate surface area is 130 Å². The highest BCUT2D eigenvalue weighted by Gasteiger charge is 2.29. The molecule has 3 rings (SSSR count). The molecule has 0 saturated heterocycles. The predicted octanol–water partition coefficient (Wildman–Crippen LogP) is 4.20. The summed E-state index contributed by atoms with van der Waals surface area (Å²) in [5.41, 5.74) is 2.51. The molecule has 2 aromatic rings. The molecule has 4 heteroatoms. The molecule has 0 atom stereocenters. The SMILES string of the molecule is CCCNCc1sc(-c2ccc(OC)cc2)nc1C1CC1. The Morgan fingerprint density at radius 2 is 2.05 bits per heavy atom. The van der Waals surface area contributed by atoms with Crippen molar-refractivity contribution in [2.45, 2.75) is 38.6 Å². The number of ether oxygens (including phenoxy) is 1. The predicted molar refractivity (Wildman–Crippen MR) is 88.1 cm³/mol. The van der Waals surface area contributed by atoms with E-state index in [-0.39, 0.29) is 0 Å². The van der Waals surface area contributed by atoms with Crippen LogP contribution < -0.4 is 10.1 Å². The molecule has 1 aliphatic rings. The van der Waals surface area contributed by atoms with Gasteiger partial charge < -0.3 is 10.1 Å². The van der Waals surface area contributed by atoms with E-state index in [0.717, 1.165) is 23.8 Å². The lowest BCUT2D eigenvalue weighted by atomic mass is 10.2. The summed E-state index contributed by atoms with van der Waals surface area (Å²) in [7, 11) is 1.70. The zero-order valence-electron chi connectivity index (χ0n) is 12.7. The molecule has 1 aliphatic carbocycles. The number of benzene rings is 1. The average molecular weight is 302 g/mol. The maximum atomic E-state index is 5.22. The summed E-state index contributed by atoms with van der Waals surface area (Å²) in [6.07, 6.45) is 3.77. The van der Waals surface area contributed by atoms with E-state index < -0.39 is 0 Å². The Morgan fingerprint density at radius 1 is 1.29 bits per heavy atom. The van der Waals surface area contributed by atoms with Crippen molar-refractivity contribution < 1.29 is 4.74 Å². The maximum Gasteiger partial charge on any atom is 0.123 e. The Balaban J connectivity index is 1.82. The average Bonchev–Trinajstić information content (AvgIpc) is 3.28. The van der Waals surface area contributed by atoms with Gasteiger partial charge in [-0.15, -0.1) is 11.3 Å². The van der Waals surface area contributed by atoms with E-state index in [4.69, 9.17) is 9.72 Å². The van der Waals surface area contributed by atoms with Crippen molar-refractivity contribution in [3.05, 3.63) is 34.8 Å². The number of hydrogen-bond acceptors (Lipinski definition) is 4. The van der Waals surface area contributed by atoms with Gasteiger partial charge in [0.2, 0.25) is 0 Å². The van der Waals surface area contributed by atoms with Crippen molar-refractivity contribution in [3.63, 3.8) is 0 Å². The summed E-state index contributed by atoms with van der Waals surface area (Å²) in [6, 6.07) is 8.19. The molecule has 0 radical (unpaired) electrons. The number of rotatable bonds is 7. The van der Waals surface area contributed by atoms with Gasteiger partial charge in [0.05, 0.1) is 12.8 Å². The van der Waals surface area contributed by atoms with Crippen molar-refractivity contribution in [2.24, 2.45) is 0 Å². The summed E-state index contributed by atoms with van der Waals surface area (Å²) >= 11 is 1.83. The minimum Gasteiger partial charge on any atom is -0.497 e. The highest BCUT2D eigenvalue weighted by Crippen LogP contribution is 2.44. The first-order chi connectivity index (χ1) is 10.3. The zero-order valence-corrected chi connectivity index (χ0v) is 13.5. The first kappa shape index (κ1) is 14.5. The maximum absolute atomic E-state index is 5.22. The summed E-state index contributed by atoms with van der Waals surface area (Å²) < 4.78 is 5.22. The van der Waals surface area contributed by atoms with Crippen LogP contribution in [-0.2, 0) is 6.54 Å². The highest BCUT2D eigenvalue weighted by atomic mass is 32.1. The van der Waals surface area contributed by atoms with Gasteiger partial charge in [0, 0.05) is 22.9 Å². The molecule has 21 heavy (non-hydrogen) atoms. The van der Waals surface area contributed by atoms with Crippen LogP contribution in [0.25, 0.3) is 10.6 Å². The van der Waals surface area contributed by atoms with Gasteiger partial charge in [-0.1, -0.05) is 6.92 Å². The highest BCUT2D eigenvalue weighted by molar-refractivity contribution is 7.15. The van der Waals surface area contributed by atoms with Crippen molar-refractivity contribution in [1.82, 2.24) is 10.3 Å². The lowest BCUT2D eigenvalue weighted by Crippen LogP contribution is -2.13. The molecule has 1 aromatic carbocycles. The third kappa shape index (κ3) is 3.44. The van der Waals surface area contributed by atoms with Crippen LogP contribution in [0.2, 0.25) is 0 Å². The molecule has 1 N–H and O–H groups in total. The lowest BCUT2D eigenvalue weighted by molar-refractivity contribution is 0.415. The minimum atomic E-state index is 0.701. The van der Waals surface area contributed by atoms with Crippen molar-refractivity contribution in [3.8, 4) is 16.3 Å². The second-order valence-electron chi connectivity index (χ2n) is 5.51. The minimum absolute atomic E-state index is 0.701. The molecule has 1 fully saturated rings. The fraction of sp³-hybridized carbons (Fsp3) is 0.471.